The average molecular weight is 373 g/mol. The summed E-state index contributed by atoms with van der Waals surface area (Å²) in [6.45, 7) is 3.51. The fourth-order valence-electron chi connectivity index (χ4n) is 3.69. The van der Waals surface area contributed by atoms with Crippen molar-refractivity contribution < 1.29 is 14.3 Å². The first kappa shape index (κ1) is 18.2. The third kappa shape index (κ3) is 4.22. The molecule has 0 bridgehead atoms. The number of anilines is 2. The number of ether oxygens (including phenoxy) is 1. The molecule has 2 aliphatic heterocycles. The highest BCUT2D eigenvalue weighted by atomic mass is 16.5. The predicted molar refractivity (Wildman–Crippen MR) is 101 cm³/mol. The lowest BCUT2D eigenvalue weighted by atomic mass is 10.2. The van der Waals surface area contributed by atoms with Crippen molar-refractivity contribution in [2.24, 2.45) is 11.7 Å². The zero-order chi connectivity index (χ0) is 18.8. The van der Waals surface area contributed by atoms with Crippen LogP contribution in [-0.4, -0.2) is 66.6 Å². The number of carbonyl (C=O) groups is 2. The second kappa shape index (κ2) is 7.82. The van der Waals surface area contributed by atoms with E-state index >= 15 is 0 Å². The molecule has 1 aromatic rings. The molecule has 1 saturated carbocycles. The fourth-order valence-corrected chi connectivity index (χ4v) is 3.69. The number of rotatable bonds is 5. The van der Waals surface area contributed by atoms with E-state index in [0.717, 1.165) is 51.3 Å². The normalized spacial score (nSPS) is 25.5. The molecule has 0 unspecified atom stereocenters. The molecule has 3 aliphatic rings. The molecule has 2 amide bonds. The molecule has 0 aromatic carbocycles. The van der Waals surface area contributed by atoms with Crippen LogP contribution in [0, 0.1) is 5.92 Å². The van der Waals surface area contributed by atoms with E-state index in [4.69, 9.17) is 10.5 Å². The van der Waals surface area contributed by atoms with Gasteiger partial charge in [-0.1, -0.05) is 0 Å². The lowest BCUT2D eigenvalue weighted by Crippen LogP contribution is -2.49. The van der Waals surface area contributed by atoms with Gasteiger partial charge in [0.25, 0.3) is 5.91 Å². The number of piperazine rings is 1. The van der Waals surface area contributed by atoms with E-state index in [1.165, 1.54) is 0 Å². The quantitative estimate of drug-likeness (QED) is 0.783. The van der Waals surface area contributed by atoms with Crippen LogP contribution >= 0.6 is 0 Å². The predicted octanol–water partition coefficient (Wildman–Crippen LogP) is 0.585. The maximum atomic E-state index is 12.3. The first-order chi connectivity index (χ1) is 13.1. The minimum absolute atomic E-state index is 0.0216. The lowest BCUT2D eigenvalue weighted by Gasteiger charge is -2.35. The monoisotopic (exact) mass is 373 g/mol. The maximum Gasteiger partial charge on any atom is 0.253 e. The van der Waals surface area contributed by atoms with Gasteiger partial charge in [0.15, 0.2) is 0 Å². The first-order valence-electron chi connectivity index (χ1n) is 9.80. The number of hydrogen-bond acceptors (Lipinski definition) is 6. The molecule has 3 heterocycles. The molecule has 4 rings (SSSR count). The summed E-state index contributed by atoms with van der Waals surface area (Å²) in [5.74, 6) is 1.31. The molecule has 27 heavy (non-hydrogen) atoms. The highest BCUT2D eigenvalue weighted by molar-refractivity contribution is 5.94. The molecule has 2 saturated heterocycles. The Morgan fingerprint density at radius 2 is 1.93 bits per heavy atom. The molecular formula is C19H27N5O3. The van der Waals surface area contributed by atoms with E-state index in [1.54, 1.807) is 6.20 Å². The molecule has 0 spiro atoms. The van der Waals surface area contributed by atoms with Gasteiger partial charge in [-0.05, 0) is 37.8 Å². The van der Waals surface area contributed by atoms with Crippen LogP contribution in [0.2, 0.25) is 0 Å². The van der Waals surface area contributed by atoms with Crippen molar-refractivity contribution in [3.05, 3.63) is 18.3 Å². The summed E-state index contributed by atoms with van der Waals surface area (Å²) in [6.07, 6.45) is 4.83. The summed E-state index contributed by atoms with van der Waals surface area (Å²) in [6, 6.07) is 3.77. The Morgan fingerprint density at radius 1 is 1.15 bits per heavy atom. The van der Waals surface area contributed by atoms with Gasteiger partial charge in [0.1, 0.15) is 11.9 Å². The number of amides is 2. The van der Waals surface area contributed by atoms with Gasteiger partial charge < -0.3 is 25.6 Å². The highest BCUT2D eigenvalue weighted by Gasteiger charge is 2.34. The first-order valence-corrected chi connectivity index (χ1v) is 9.80. The van der Waals surface area contributed by atoms with Crippen LogP contribution in [0.3, 0.4) is 0 Å². The number of nitrogens with two attached hydrogens (primary N) is 1. The third-order valence-corrected chi connectivity index (χ3v) is 5.52. The van der Waals surface area contributed by atoms with Crippen LogP contribution in [-0.2, 0) is 14.3 Å². The summed E-state index contributed by atoms with van der Waals surface area (Å²) < 4.78 is 5.62. The minimum atomic E-state index is -0.435. The van der Waals surface area contributed by atoms with Gasteiger partial charge in [0.2, 0.25) is 5.91 Å². The topological polar surface area (TPSA) is 101 Å². The molecule has 8 nitrogen and oxygen atoms in total. The summed E-state index contributed by atoms with van der Waals surface area (Å²) in [7, 11) is 0. The Kier molecular flexibility index (Phi) is 5.27. The van der Waals surface area contributed by atoms with Gasteiger partial charge in [-0.25, -0.2) is 4.98 Å². The zero-order valence-electron chi connectivity index (χ0n) is 15.5. The number of hydrogen-bond donors (Lipinski definition) is 2. The Morgan fingerprint density at radius 3 is 2.52 bits per heavy atom. The van der Waals surface area contributed by atoms with Gasteiger partial charge in [-0.3, -0.25) is 9.59 Å². The number of nitrogens with one attached hydrogen (secondary N) is 1. The van der Waals surface area contributed by atoms with Crippen molar-refractivity contribution in [2.75, 3.05) is 42.9 Å². The minimum Gasteiger partial charge on any atom is -0.364 e. The summed E-state index contributed by atoms with van der Waals surface area (Å²) in [5.41, 5.74) is 6.24. The number of carbonyl (C=O) groups excluding carboxylic acids is 2. The van der Waals surface area contributed by atoms with E-state index in [9.17, 15) is 9.59 Å². The highest BCUT2D eigenvalue weighted by Crippen LogP contribution is 2.31. The van der Waals surface area contributed by atoms with Crippen molar-refractivity contribution in [3.63, 3.8) is 0 Å². The van der Waals surface area contributed by atoms with Gasteiger partial charge in [-0.2, -0.15) is 0 Å². The maximum absolute atomic E-state index is 12.3. The van der Waals surface area contributed by atoms with Gasteiger partial charge in [-0.15, -0.1) is 0 Å². The standard InChI is InChI=1S/C19H27N5O3/c20-11-15-4-5-16(27-15)18(25)22-14-3-6-17(21-12-14)23-7-9-24(10-8-23)19(26)13-1-2-13/h3,6,12-13,15-16H,1-2,4-5,7-11,20H2,(H,22,25)/t15-,16+/m1/s1. The lowest BCUT2D eigenvalue weighted by molar-refractivity contribution is -0.132. The molecule has 1 aromatic heterocycles. The number of pyridine rings is 1. The Labute approximate surface area is 159 Å². The Balaban J connectivity index is 1.28. The third-order valence-electron chi connectivity index (χ3n) is 5.52. The van der Waals surface area contributed by atoms with E-state index < -0.39 is 6.10 Å². The molecule has 8 heteroatoms. The van der Waals surface area contributed by atoms with Crippen LogP contribution < -0.4 is 16.0 Å². The largest absolute Gasteiger partial charge is 0.364 e. The molecule has 2 atom stereocenters. The van der Waals surface area contributed by atoms with Crippen molar-refractivity contribution in [1.29, 1.82) is 0 Å². The second-order valence-corrected chi connectivity index (χ2v) is 7.54. The van der Waals surface area contributed by atoms with Crippen LogP contribution in [0.15, 0.2) is 18.3 Å². The number of aromatic nitrogens is 1. The van der Waals surface area contributed by atoms with Gasteiger partial charge >= 0.3 is 0 Å². The van der Waals surface area contributed by atoms with Crippen LogP contribution in [0.1, 0.15) is 25.7 Å². The van der Waals surface area contributed by atoms with E-state index in [0.29, 0.717) is 24.6 Å². The summed E-state index contributed by atoms with van der Waals surface area (Å²) >= 11 is 0. The summed E-state index contributed by atoms with van der Waals surface area (Å²) in [5, 5.41) is 2.86. The Hall–Kier alpha value is -2.19. The van der Waals surface area contributed by atoms with Gasteiger partial charge in [0, 0.05) is 38.6 Å². The van der Waals surface area contributed by atoms with Crippen molar-refractivity contribution in [1.82, 2.24) is 9.88 Å². The van der Waals surface area contributed by atoms with Gasteiger partial charge in [0.05, 0.1) is 18.0 Å². The van der Waals surface area contributed by atoms with Crippen molar-refractivity contribution in [3.8, 4) is 0 Å². The molecular weight excluding hydrogens is 346 g/mol. The number of nitrogens with zero attached hydrogens (tertiary/aromatic N) is 3. The van der Waals surface area contributed by atoms with Crippen molar-refractivity contribution in [2.45, 2.75) is 37.9 Å². The summed E-state index contributed by atoms with van der Waals surface area (Å²) in [4.78, 5) is 33.0. The van der Waals surface area contributed by atoms with Crippen LogP contribution in [0.5, 0.6) is 0 Å². The zero-order valence-corrected chi connectivity index (χ0v) is 15.5. The SMILES string of the molecule is NC[C@H]1CC[C@@H](C(=O)Nc2ccc(N3CCN(C(=O)C4CC4)CC3)nc2)O1. The van der Waals surface area contributed by atoms with E-state index in [-0.39, 0.29) is 17.9 Å². The molecule has 146 valence electrons. The van der Waals surface area contributed by atoms with Crippen molar-refractivity contribution >= 4 is 23.3 Å². The average Bonchev–Trinajstić information content (AvgIpc) is 3.44. The van der Waals surface area contributed by atoms with Crippen LogP contribution in [0.25, 0.3) is 0 Å². The molecule has 3 N–H and O–H groups in total. The molecule has 0 radical (unpaired) electrons. The Bertz CT molecular complexity index is 683. The molecule has 3 fully saturated rings. The smallest absolute Gasteiger partial charge is 0.253 e. The molecule has 1 aliphatic carbocycles. The van der Waals surface area contributed by atoms with E-state index in [2.05, 4.69) is 15.2 Å². The fraction of sp³-hybridized carbons (Fsp3) is 0.632. The van der Waals surface area contributed by atoms with Crippen LogP contribution in [0.4, 0.5) is 11.5 Å². The second-order valence-electron chi connectivity index (χ2n) is 7.54. The van der Waals surface area contributed by atoms with E-state index in [1.807, 2.05) is 17.0 Å².